The Labute approximate surface area is 185 Å². The molecule has 0 atom stereocenters. The highest BCUT2D eigenvalue weighted by Crippen LogP contribution is 2.19. The van der Waals surface area contributed by atoms with Crippen LogP contribution in [0.5, 0.6) is 11.5 Å². The Morgan fingerprint density at radius 2 is 1.69 bits per heavy atom. The molecule has 32 heavy (non-hydrogen) atoms. The normalized spacial score (nSPS) is 10.7. The summed E-state index contributed by atoms with van der Waals surface area (Å²) < 4.78 is 11.2. The van der Waals surface area contributed by atoms with Gasteiger partial charge in [0.05, 0.1) is 24.2 Å². The van der Waals surface area contributed by atoms with Gasteiger partial charge < -0.3 is 9.47 Å². The molecular formula is C24H23N3O5. The molecule has 0 saturated carbocycles. The molecule has 1 N–H and O–H groups in total. The maximum atomic E-state index is 12.1. The van der Waals surface area contributed by atoms with Gasteiger partial charge in [0.2, 0.25) is 5.91 Å². The molecule has 0 bridgehead atoms. The fourth-order valence-corrected chi connectivity index (χ4v) is 2.86. The minimum absolute atomic E-state index is 0.0299. The summed E-state index contributed by atoms with van der Waals surface area (Å²) in [5.41, 5.74) is 4.89. The molecule has 0 aliphatic heterocycles. The minimum Gasteiger partial charge on any atom is -0.494 e. The molecule has 0 unspecified atom stereocenters. The molecule has 164 valence electrons. The third-order valence-corrected chi connectivity index (χ3v) is 4.45. The van der Waals surface area contributed by atoms with Crippen molar-refractivity contribution in [1.29, 1.82) is 0 Å². The van der Waals surface area contributed by atoms with E-state index in [1.807, 2.05) is 49.4 Å². The second-order valence-electron chi connectivity index (χ2n) is 6.80. The lowest BCUT2D eigenvalue weighted by atomic mass is 10.1. The Morgan fingerprint density at radius 3 is 2.38 bits per heavy atom. The first-order valence-corrected chi connectivity index (χ1v) is 10.0. The number of nitrogens with one attached hydrogen (secondary N) is 1. The predicted molar refractivity (Wildman–Crippen MR) is 121 cm³/mol. The van der Waals surface area contributed by atoms with Crippen LogP contribution in [0.4, 0.5) is 5.69 Å². The maximum Gasteiger partial charge on any atom is 0.269 e. The van der Waals surface area contributed by atoms with Gasteiger partial charge in [-0.2, -0.15) is 5.10 Å². The molecule has 0 heterocycles. The van der Waals surface area contributed by atoms with Gasteiger partial charge in [-0.15, -0.1) is 0 Å². The van der Waals surface area contributed by atoms with E-state index in [4.69, 9.17) is 9.47 Å². The fraction of sp³-hybridized carbons (Fsp3) is 0.167. The first kappa shape index (κ1) is 22.5. The fourth-order valence-electron chi connectivity index (χ4n) is 2.86. The van der Waals surface area contributed by atoms with Crippen LogP contribution in [0.2, 0.25) is 0 Å². The van der Waals surface area contributed by atoms with Crippen LogP contribution in [0, 0.1) is 10.1 Å². The number of hydrogen-bond acceptors (Lipinski definition) is 6. The summed E-state index contributed by atoms with van der Waals surface area (Å²) in [6, 6.07) is 20.8. The standard InChI is InChI=1S/C24H23N3O5/c1-2-31-22-13-9-18(10-14-22)15-24(28)26-25-16-20-5-3-4-6-23(20)32-17-19-7-11-21(12-8-19)27(29)30/h3-14,16H,2,15,17H2,1H3,(H,26,28)/b25-16+. The zero-order chi connectivity index (χ0) is 22.8. The number of nitro groups is 1. The van der Waals surface area contributed by atoms with E-state index in [0.717, 1.165) is 16.9 Å². The van der Waals surface area contributed by atoms with E-state index < -0.39 is 4.92 Å². The Balaban J connectivity index is 1.54. The number of hydrogen-bond donors (Lipinski definition) is 1. The minimum atomic E-state index is -0.444. The van der Waals surface area contributed by atoms with E-state index in [0.29, 0.717) is 17.9 Å². The van der Waals surface area contributed by atoms with E-state index in [1.165, 1.54) is 18.3 Å². The average Bonchev–Trinajstić information content (AvgIpc) is 2.80. The number of nitrogens with zero attached hydrogens (tertiary/aromatic N) is 2. The summed E-state index contributed by atoms with van der Waals surface area (Å²) in [5, 5.41) is 14.8. The number of rotatable bonds is 10. The van der Waals surface area contributed by atoms with Crippen molar-refractivity contribution >= 4 is 17.8 Å². The molecule has 0 aromatic heterocycles. The number of para-hydroxylation sites is 1. The van der Waals surface area contributed by atoms with Gasteiger partial charge in [-0.1, -0.05) is 24.3 Å². The van der Waals surface area contributed by atoms with Gasteiger partial charge >= 0.3 is 0 Å². The topological polar surface area (TPSA) is 103 Å². The van der Waals surface area contributed by atoms with Crippen molar-refractivity contribution in [2.45, 2.75) is 20.0 Å². The van der Waals surface area contributed by atoms with Gasteiger partial charge in [0, 0.05) is 17.7 Å². The highest BCUT2D eigenvalue weighted by Gasteiger charge is 2.06. The van der Waals surface area contributed by atoms with Gasteiger partial charge in [-0.25, -0.2) is 5.43 Å². The van der Waals surface area contributed by atoms with Crippen LogP contribution in [0.1, 0.15) is 23.6 Å². The highest BCUT2D eigenvalue weighted by molar-refractivity contribution is 5.85. The second-order valence-corrected chi connectivity index (χ2v) is 6.80. The van der Waals surface area contributed by atoms with E-state index in [9.17, 15) is 14.9 Å². The molecule has 8 heteroatoms. The number of carbonyl (C=O) groups is 1. The molecule has 0 spiro atoms. The van der Waals surface area contributed by atoms with Crippen LogP contribution >= 0.6 is 0 Å². The lowest BCUT2D eigenvalue weighted by Crippen LogP contribution is -2.19. The van der Waals surface area contributed by atoms with Crippen LogP contribution in [-0.4, -0.2) is 23.7 Å². The number of ether oxygens (including phenoxy) is 2. The molecular weight excluding hydrogens is 410 g/mol. The summed E-state index contributed by atoms with van der Waals surface area (Å²) in [6.45, 7) is 2.75. The SMILES string of the molecule is CCOc1ccc(CC(=O)N/N=C/c2ccccc2OCc2ccc([N+](=O)[O-])cc2)cc1. The molecule has 3 aromatic carbocycles. The zero-order valence-corrected chi connectivity index (χ0v) is 17.6. The summed E-state index contributed by atoms with van der Waals surface area (Å²) in [5.74, 6) is 1.10. The molecule has 3 aromatic rings. The number of carbonyl (C=O) groups excluding carboxylic acids is 1. The van der Waals surface area contributed by atoms with Gasteiger partial charge in [-0.05, 0) is 54.4 Å². The number of nitro benzene ring substituents is 1. The Bertz CT molecular complexity index is 1080. The van der Waals surface area contributed by atoms with E-state index >= 15 is 0 Å². The van der Waals surface area contributed by atoms with E-state index in [2.05, 4.69) is 10.5 Å². The van der Waals surface area contributed by atoms with Gasteiger partial charge in [0.15, 0.2) is 0 Å². The largest absolute Gasteiger partial charge is 0.494 e. The molecule has 0 aliphatic rings. The van der Waals surface area contributed by atoms with Crippen molar-refractivity contribution in [3.63, 3.8) is 0 Å². The number of benzene rings is 3. The summed E-state index contributed by atoms with van der Waals surface area (Å²) in [6.07, 6.45) is 1.71. The van der Waals surface area contributed by atoms with Crippen molar-refractivity contribution in [2.75, 3.05) is 6.61 Å². The van der Waals surface area contributed by atoms with Crippen LogP contribution in [0.3, 0.4) is 0 Å². The lowest BCUT2D eigenvalue weighted by Gasteiger charge is -2.09. The van der Waals surface area contributed by atoms with Crippen molar-refractivity contribution in [2.24, 2.45) is 5.10 Å². The van der Waals surface area contributed by atoms with E-state index in [-0.39, 0.29) is 24.6 Å². The maximum absolute atomic E-state index is 12.1. The third-order valence-electron chi connectivity index (χ3n) is 4.45. The third kappa shape index (κ3) is 6.66. The summed E-state index contributed by atoms with van der Waals surface area (Å²) >= 11 is 0. The summed E-state index contributed by atoms with van der Waals surface area (Å²) in [4.78, 5) is 22.5. The Hall–Kier alpha value is -4.20. The van der Waals surface area contributed by atoms with Gasteiger partial charge in [0.25, 0.3) is 5.69 Å². The van der Waals surface area contributed by atoms with Crippen molar-refractivity contribution in [3.05, 3.63) is 99.6 Å². The molecule has 0 saturated heterocycles. The Morgan fingerprint density at radius 1 is 1.00 bits per heavy atom. The monoisotopic (exact) mass is 433 g/mol. The molecule has 0 fully saturated rings. The molecule has 0 radical (unpaired) electrons. The van der Waals surface area contributed by atoms with Crippen LogP contribution < -0.4 is 14.9 Å². The van der Waals surface area contributed by atoms with E-state index in [1.54, 1.807) is 18.2 Å². The zero-order valence-electron chi connectivity index (χ0n) is 17.6. The number of hydrazone groups is 1. The first-order chi connectivity index (χ1) is 15.5. The quantitative estimate of drug-likeness (QED) is 0.292. The molecule has 0 aliphatic carbocycles. The number of amides is 1. The molecule has 8 nitrogen and oxygen atoms in total. The van der Waals surface area contributed by atoms with Crippen LogP contribution in [0.15, 0.2) is 77.9 Å². The van der Waals surface area contributed by atoms with Crippen LogP contribution in [0.25, 0.3) is 0 Å². The second kappa shape index (κ2) is 11.3. The van der Waals surface area contributed by atoms with Crippen molar-refractivity contribution in [1.82, 2.24) is 5.43 Å². The van der Waals surface area contributed by atoms with Crippen molar-refractivity contribution < 1.29 is 19.2 Å². The average molecular weight is 433 g/mol. The Kier molecular flexibility index (Phi) is 7.91. The molecule has 1 amide bonds. The van der Waals surface area contributed by atoms with Gasteiger partial charge in [-0.3, -0.25) is 14.9 Å². The van der Waals surface area contributed by atoms with Gasteiger partial charge in [0.1, 0.15) is 18.1 Å². The lowest BCUT2D eigenvalue weighted by molar-refractivity contribution is -0.384. The molecule has 3 rings (SSSR count). The predicted octanol–water partition coefficient (Wildman–Crippen LogP) is 4.27. The highest BCUT2D eigenvalue weighted by atomic mass is 16.6. The van der Waals surface area contributed by atoms with Crippen molar-refractivity contribution in [3.8, 4) is 11.5 Å². The summed E-state index contributed by atoms with van der Waals surface area (Å²) in [7, 11) is 0. The first-order valence-electron chi connectivity index (χ1n) is 10.0. The number of non-ortho nitro benzene ring substituents is 1. The van der Waals surface area contributed by atoms with Crippen LogP contribution in [-0.2, 0) is 17.8 Å². The smallest absolute Gasteiger partial charge is 0.269 e.